The van der Waals surface area contributed by atoms with Crippen molar-refractivity contribution in [3.8, 4) is 11.5 Å². The maximum Gasteiger partial charge on any atom is 0.339 e. The number of benzene rings is 1. The van der Waals surface area contributed by atoms with Crippen LogP contribution >= 0.6 is 0 Å². The minimum absolute atomic E-state index is 0.0424. The van der Waals surface area contributed by atoms with Crippen molar-refractivity contribution >= 4 is 5.97 Å². The number of ether oxygens (including phenoxy) is 2. The van der Waals surface area contributed by atoms with Crippen LogP contribution in [0.25, 0.3) is 0 Å². The van der Waals surface area contributed by atoms with Crippen LogP contribution in [-0.4, -0.2) is 23.2 Å². The molecule has 2 rings (SSSR count). The highest BCUT2D eigenvalue weighted by molar-refractivity contribution is 5.91. The average molecular weight is 291 g/mol. The number of aromatic carboxylic acids is 1. The lowest BCUT2D eigenvalue weighted by Gasteiger charge is -2.16. The summed E-state index contributed by atoms with van der Waals surface area (Å²) in [5.74, 6) is -2.05. The van der Waals surface area contributed by atoms with E-state index in [-0.39, 0.29) is 17.1 Å². The average Bonchev–Trinajstić information content (AvgIpc) is 2.49. The molecule has 6 heteroatoms. The minimum atomic E-state index is -1.26. The van der Waals surface area contributed by atoms with Gasteiger partial charge in [0.1, 0.15) is 17.4 Å². The van der Waals surface area contributed by atoms with Crippen molar-refractivity contribution in [2.24, 2.45) is 0 Å². The number of hydrogen-bond donors (Lipinski definition) is 1. The van der Waals surface area contributed by atoms with E-state index in [1.165, 1.54) is 13.2 Å². The molecular formula is C15H14FNO4. The molecule has 0 amide bonds. The van der Waals surface area contributed by atoms with Crippen LogP contribution in [0.4, 0.5) is 4.39 Å². The smallest absolute Gasteiger partial charge is 0.339 e. The summed E-state index contributed by atoms with van der Waals surface area (Å²) in [5, 5.41) is 8.98. The molecule has 1 N–H and O–H groups in total. The van der Waals surface area contributed by atoms with Gasteiger partial charge in [0.2, 0.25) is 0 Å². The van der Waals surface area contributed by atoms with Gasteiger partial charge in [0.05, 0.1) is 7.11 Å². The van der Waals surface area contributed by atoms with Gasteiger partial charge >= 0.3 is 5.97 Å². The third kappa shape index (κ3) is 3.28. The van der Waals surface area contributed by atoms with E-state index >= 15 is 0 Å². The fourth-order valence-corrected chi connectivity index (χ4v) is 1.85. The molecule has 0 aliphatic heterocycles. The van der Waals surface area contributed by atoms with Crippen molar-refractivity contribution in [3.05, 3.63) is 53.6 Å². The van der Waals surface area contributed by atoms with Crippen molar-refractivity contribution in [2.75, 3.05) is 7.11 Å². The van der Waals surface area contributed by atoms with E-state index in [4.69, 9.17) is 14.6 Å². The summed E-state index contributed by atoms with van der Waals surface area (Å²) in [5.41, 5.74) is 0.574. The number of carboxylic acids is 1. The molecule has 5 nitrogen and oxygen atoms in total. The Bertz CT molecular complexity index is 646. The number of halogens is 1. The van der Waals surface area contributed by atoms with E-state index in [9.17, 15) is 9.18 Å². The Kier molecular flexibility index (Phi) is 4.37. The van der Waals surface area contributed by atoms with Crippen molar-refractivity contribution in [1.29, 1.82) is 0 Å². The van der Waals surface area contributed by atoms with Crippen LogP contribution in [0.1, 0.15) is 28.9 Å². The minimum Gasteiger partial charge on any atom is -0.496 e. The van der Waals surface area contributed by atoms with Gasteiger partial charge in [-0.1, -0.05) is 0 Å². The van der Waals surface area contributed by atoms with E-state index < -0.39 is 17.9 Å². The molecule has 1 heterocycles. The van der Waals surface area contributed by atoms with Crippen molar-refractivity contribution in [3.63, 3.8) is 0 Å². The lowest BCUT2D eigenvalue weighted by atomic mass is 10.1. The maximum absolute atomic E-state index is 13.9. The molecule has 2 aromatic rings. The lowest BCUT2D eigenvalue weighted by molar-refractivity contribution is 0.0692. The number of nitrogens with zero attached hydrogens (tertiary/aromatic N) is 1. The Hall–Kier alpha value is -2.63. The zero-order valence-corrected chi connectivity index (χ0v) is 11.5. The van der Waals surface area contributed by atoms with Crippen molar-refractivity contribution in [2.45, 2.75) is 13.0 Å². The molecule has 0 spiro atoms. The van der Waals surface area contributed by atoms with Crippen LogP contribution in [0.2, 0.25) is 0 Å². The number of rotatable bonds is 5. The van der Waals surface area contributed by atoms with Crippen molar-refractivity contribution in [1.82, 2.24) is 4.98 Å². The number of carboxylic acid groups (broad SMARTS) is 1. The topological polar surface area (TPSA) is 68.7 Å². The maximum atomic E-state index is 13.9. The van der Waals surface area contributed by atoms with Gasteiger partial charge in [0.15, 0.2) is 11.6 Å². The Morgan fingerprint density at radius 2 is 1.95 bits per heavy atom. The molecule has 0 unspecified atom stereocenters. The summed E-state index contributed by atoms with van der Waals surface area (Å²) in [7, 11) is 1.32. The quantitative estimate of drug-likeness (QED) is 0.916. The lowest BCUT2D eigenvalue weighted by Crippen LogP contribution is -2.07. The van der Waals surface area contributed by atoms with E-state index in [0.717, 1.165) is 11.6 Å². The van der Waals surface area contributed by atoms with Gasteiger partial charge in [0.25, 0.3) is 0 Å². The molecule has 110 valence electrons. The highest BCUT2D eigenvalue weighted by Crippen LogP contribution is 2.31. The van der Waals surface area contributed by atoms with E-state index in [1.54, 1.807) is 31.5 Å². The van der Waals surface area contributed by atoms with Crippen LogP contribution in [0.3, 0.4) is 0 Å². The standard InChI is InChI=1S/C15H14FNO4/c1-9(10-3-5-17-6-4-10)21-14-8-13(20-2)11(15(18)19)7-12(14)16/h3-9H,1-2H3,(H,18,19)/t9-/m0/s1. The second-order valence-corrected chi connectivity index (χ2v) is 4.33. The monoisotopic (exact) mass is 291 g/mol. The first-order valence-electron chi connectivity index (χ1n) is 6.20. The highest BCUT2D eigenvalue weighted by Gasteiger charge is 2.18. The molecule has 1 aromatic carbocycles. The predicted octanol–water partition coefficient (Wildman–Crippen LogP) is 3.07. The molecular weight excluding hydrogens is 277 g/mol. The normalized spacial score (nSPS) is 11.8. The highest BCUT2D eigenvalue weighted by atomic mass is 19.1. The van der Waals surface area contributed by atoms with Crippen LogP contribution in [-0.2, 0) is 0 Å². The molecule has 21 heavy (non-hydrogen) atoms. The summed E-state index contributed by atoms with van der Waals surface area (Å²) >= 11 is 0. The first kappa shape index (κ1) is 14.8. The Morgan fingerprint density at radius 1 is 1.29 bits per heavy atom. The van der Waals surface area contributed by atoms with Crippen LogP contribution in [0.15, 0.2) is 36.7 Å². The summed E-state index contributed by atoms with van der Waals surface area (Å²) in [4.78, 5) is 14.9. The molecule has 0 aliphatic rings. The first-order valence-corrected chi connectivity index (χ1v) is 6.20. The number of methoxy groups -OCH3 is 1. The molecule has 0 saturated carbocycles. The molecule has 1 atom stereocenters. The van der Waals surface area contributed by atoms with Crippen LogP contribution in [0.5, 0.6) is 11.5 Å². The summed E-state index contributed by atoms with van der Waals surface area (Å²) < 4.78 is 24.4. The summed E-state index contributed by atoms with van der Waals surface area (Å²) in [6.07, 6.45) is 2.81. The van der Waals surface area contributed by atoms with Gasteiger partial charge in [-0.15, -0.1) is 0 Å². The zero-order valence-electron chi connectivity index (χ0n) is 11.5. The second kappa shape index (κ2) is 6.21. The molecule has 1 aromatic heterocycles. The van der Waals surface area contributed by atoms with Crippen LogP contribution in [0, 0.1) is 5.82 Å². The van der Waals surface area contributed by atoms with Gasteiger partial charge in [-0.2, -0.15) is 0 Å². The molecule has 0 radical (unpaired) electrons. The van der Waals surface area contributed by atoms with Gasteiger partial charge in [-0.05, 0) is 30.7 Å². The first-order chi connectivity index (χ1) is 10.0. The molecule has 0 saturated heterocycles. The third-order valence-electron chi connectivity index (χ3n) is 2.96. The fourth-order valence-electron chi connectivity index (χ4n) is 1.85. The largest absolute Gasteiger partial charge is 0.496 e. The van der Waals surface area contributed by atoms with E-state index in [0.29, 0.717) is 0 Å². The number of aromatic nitrogens is 1. The molecule has 0 bridgehead atoms. The number of carbonyl (C=O) groups is 1. The SMILES string of the molecule is COc1cc(O[C@@H](C)c2ccncc2)c(F)cc1C(=O)O. The van der Waals surface area contributed by atoms with E-state index in [1.807, 2.05) is 0 Å². The predicted molar refractivity (Wildman–Crippen MR) is 73.2 cm³/mol. The summed E-state index contributed by atoms with van der Waals surface area (Å²) in [6.45, 7) is 1.76. The van der Waals surface area contributed by atoms with Gasteiger partial charge in [-0.25, -0.2) is 9.18 Å². The van der Waals surface area contributed by atoms with Gasteiger partial charge in [-0.3, -0.25) is 4.98 Å². The Balaban J connectivity index is 2.30. The Morgan fingerprint density at radius 3 is 2.52 bits per heavy atom. The fraction of sp³-hybridized carbons (Fsp3) is 0.200. The summed E-state index contributed by atoms with van der Waals surface area (Å²) in [6, 6.07) is 5.63. The van der Waals surface area contributed by atoms with Gasteiger partial charge in [0, 0.05) is 18.5 Å². The van der Waals surface area contributed by atoms with E-state index in [2.05, 4.69) is 4.98 Å². The third-order valence-corrected chi connectivity index (χ3v) is 2.96. The molecule has 0 aliphatic carbocycles. The number of pyridine rings is 1. The second-order valence-electron chi connectivity index (χ2n) is 4.33. The van der Waals surface area contributed by atoms with Gasteiger partial charge < -0.3 is 14.6 Å². The zero-order chi connectivity index (χ0) is 15.4. The van der Waals surface area contributed by atoms with Crippen LogP contribution < -0.4 is 9.47 Å². The van der Waals surface area contributed by atoms with Crippen molar-refractivity contribution < 1.29 is 23.8 Å². The molecule has 0 fully saturated rings. The number of hydrogen-bond acceptors (Lipinski definition) is 4. The Labute approximate surface area is 121 Å².